The highest BCUT2D eigenvalue weighted by Gasteiger charge is 2.18. The van der Waals surface area contributed by atoms with Crippen LogP contribution < -0.4 is 0 Å². The zero-order chi connectivity index (χ0) is 32.0. The average molecular weight is 571 g/mol. The Labute approximate surface area is 244 Å². The molecule has 0 saturated carbocycles. The summed E-state index contributed by atoms with van der Waals surface area (Å²) in [4.78, 5) is 0. The summed E-state index contributed by atoms with van der Waals surface area (Å²) in [7, 11) is 0. The number of aromatic nitrogens is 2. The van der Waals surface area contributed by atoms with Crippen molar-refractivity contribution >= 4 is 59.5 Å². The van der Waals surface area contributed by atoms with Gasteiger partial charge in [-0.3, -0.25) is 0 Å². The fourth-order valence-electron chi connectivity index (χ4n) is 5.64. The third-order valence-electron chi connectivity index (χ3n) is 7.27. The summed E-state index contributed by atoms with van der Waals surface area (Å²) in [6.07, 6.45) is 0. The standard InChI is InChI=1S/C36H23BrN2/c37-25-18-20-35-30(22-25)28-13-5-8-16-33(28)38(35)26-19-21-36-31(23-26)29-14-6-9-17-34(29)39(36)32-15-7-4-12-27(32)24-10-2-1-3-11-24/h1-23H/i5D,8D,13D,16D,18D,20D,22D. The molecule has 8 rings (SSSR count). The highest BCUT2D eigenvalue weighted by molar-refractivity contribution is 9.10. The van der Waals surface area contributed by atoms with Crippen LogP contribution >= 0.6 is 15.9 Å². The first-order chi connectivity index (χ1) is 22.2. The predicted molar refractivity (Wildman–Crippen MR) is 168 cm³/mol. The summed E-state index contributed by atoms with van der Waals surface area (Å²) in [5.41, 5.74) is 6.02. The zero-order valence-electron chi connectivity index (χ0n) is 27.5. The molecule has 8 aromatic rings. The number of rotatable bonds is 3. The zero-order valence-corrected chi connectivity index (χ0v) is 22.1. The molecule has 6 aromatic carbocycles. The van der Waals surface area contributed by atoms with Gasteiger partial charge in [-0.2, -0.15) is 0 Å². The monoisotopic (exact) mass is 569 g/mol. The molecule has 0 amide bonds. The van der Waals surface area contributed by atoms with E-state index in [0.29, 0.717) is 5.69 Å². The van der Waals surface area contributed by atoms with Crippen molar-refractivity contribution in [2.75, 3.05) is 0 Å². The van der Waals surface area contributed by atoms with Gasteiger partial charge in [0.05, 0.1) is 37.3 Å². The molecule has 0 aliphatic heterocycles. The summed E-state index contributed by atoms with van der Waals surface area (Å²) in [6, 6.07) is 30.6. The molecule has 0 N–H and O–H groups in total. The van der Waals surface area contributed by atoms with Gasteiger partial charge < -0.3 is 9.13 Å². The first kappa shape index (κ1) is 16.4. The van der Waals surface area contributed by atoms with E-state index in [1.165, 1.54) is 0 Å². The second kappa shape index (κ2) is 8.72. The van der Waals surface area contributed by atoms with Crippen molar-refractivity contribution in [1.29, 1.82) is 0 Å². The summed E-state index contributed by atoms with van der Waals surface area (Å²) >= 11 is 3.29. The molecular weight excluding hydrogens is 540 g/mol. The summed E-state index contributed by atoms with van der Waals surface area (Å²) < 4.78 is 64.9. The van der Waals surface area contributed by atoms with Gasteiger partial charge >= 0.3 is 0 Å². The van der Waals surface area contributed by atoms with Gasteiger partial charge in [0.25, 0.3) is 0 Å². The molecule has 2 heterocycles. The number of benzene rings is 6. The van der Waals surface area contributed by atoms with E-state index in [2.05, 4.69) is 56.9 Å². The summed E-state index contributed by atoms with van der Waals surface area (Å²) in [5, 5.41) is 2.25. The van der Waals surface area contributed by atoms with Gasteiger partial charge in [0, 0.05) is 37.3 Å². The van der Waals surface area contributed by atoms with Gasteiger partial charge in [0.15, 0.2) is 0 Å². The van der Waals surface area contributed by atoms with E-state index in [4.69, 9.17) is 9.60 Å². The lowest BCUT2D eigenvalue weighted by Gasteiger charge is -2.14. The van der Waals surface area contributed by atoms with Crippen molar-refractivity contribution in [1.82, 2.24) is 9.13 Å². The Morgan fingerprint density at radius 2 is 1.28 bits per heavy atom. The topological polar surface area (TPSA) is 9.86 Å². The van der Waals surface area contributed by atoms with Crippen LogP contribution in [-0.2, 0) is 0 Å². The SMILES string of the molecule is [2H]c1c([2H])c([2H])c2c(c1[2H])c1c([2H])c(Br)c([2H])c([2H])c1n2-c1ccc2c(c1)c1ccccc1n2-c1ccccc1-c1ccccc1. The quantitative estimate of drug-likeness (QED) is 0.200. The van der Waals surface area contributed by atoms with Crippen LogP contribution in [0, 0.1) is 0 Å². The van der Waals surface area contributed by atoms with Gasteiger partial charge in [-0.15, -0.1) is 0 Å². The second-order valence-electron chi connectivity index (χ2n) is 9.41. The molecule has 184 valence electrons. The van der Waals surface area contributed by atoms with Crippen LogP contribution in [0.25, 0.3) is 66.1 Å². The third kappa shape index (κ3) is 3.40. The lowest BCUT2D eigenvalue weighted by Crippen LogP contribution is -1.97. The van der Waals surface area contributed by atoms with Crippen molar-refractivity contribution in [3.63, 3.8) is 0 Å². The Morgan fingerprint density at radius 3 is 2.21 bits per heavy atom. The molecule has 0 aliphatic carbocycles. The van der Waals surface area contributed by atoms with Crippen molar-refractivity contribution in [2.45, 2.75) is 0 Å². The van der Waals surface area contributed by atoms with E-state index >= 15 is 0 Å². The molecule has 3 heteroatoms. The van der Waals surface area contributed by atoms with Crippen LogP contribution in [-0.4, -0.2) is 9.13 Å². The smallest absolute Gasteiger partial charge is 0.0646 e. The molecule has 2 nitrogen and oxygen atoms in total. The lowest BCUT2D eigenvalue weighted by molar-refractivity contribution is 1.17. The van der Waals surface area contributed by atoms with Crippen molar-refractivity contribution in [3.05, 3.63) is 144 Å². The number of hydrogen-bond donors (Lipinski definition) is 0. The van der Waals surface area contributed by atoms with Crippen LogP contribution in [0.1, 0.15) is 9.60 Å². The van der Waals surface area contributed by atoms with E-state index in [-0.39, 0.29) is 56.5 Å². The van der Waals surface area contributed by atoms with Gasteiger partial charge in [-0.05, 0) is 60.1 Å². The van der Waals surface area contributed by atoms with Crippen molar-refractivity contribution in [3.8, 4) is 22.5 Å². The van der Waals surface area contributed by atoms with Crippen LogP contribution in [0.15, 0.2) is 144 Å². The van der Waals surface area contributed by atoms with Crippen LogP contribution in [0.2, 0.25) is 0 Å². The molecule has 0 fully saturated rings. The molecular formula is C36H23BrN2. The Hall–Kier alpha value is -4.60. The van der Waals surface area contributed by atoms with E-state index < -0.39 is 12.1 Å². The van der Waals surface area contributed by atoms with E-state index in [9.17, 15) is 0 Å². The van der Waals surface area contributed by atoms with Crippen LogP contribution in [0.4, 0.5) is 0 Å². The first-order valence-corrected chi connectivity index (χ1v) is 13.4. The van der Waals surface area contributed by atoms with Crippen LogP contribution in [0.5, 0.6) is 0 Å². The van der Waals surface area contributed by atoms with Gasteiger partial charge in [-0.1, -0.05) is 101 Å². The average Bonchev–Trinajstić information content (AvgIpc) is 3.62. The first-order valence-electron chi connectivity index (χ1n) is 16.1. The Morgan fingerprint density at radius 1 is 0.538 bits per heavy atom. The number of hydrogen-bond acceptors (Lipinski definition) is 0. The molecule has 0 saturated heterocycles. The molecule has 0 spiro atoms. The largest absolute Gasteiger partial charge is 0.309 e. The predicted octanol–water partition coefficient (Wildman–Crippen LogP) is 10.3. The van der Waals surface area contributed by atoms with Gasteiger partial charge in [0.2, 0.25) is 0 Å². The molecule has 2 aromatic heterocycles. The summed E-state index contributed by atoms with van der Waals surface area (Å²) in [5.74, 6) is 0. The molecule has 0 unspecified atom stereocenters. The normalized spacial score (nSPS) is 14.2. The minimum absolute atomic E-state index is 0.0972. The van der Waals surface area contributed by atoms with E-state index in [0.717, 1.165) is 38.6 Å². The Balaban J connectivity index is 1.51. The number of fused-ring (bicyclic) bond motifs is 6. The number of nitrogens with zero attached hydrogens (tertiary/aromatic N) is 2. The number of halogens is 1. The highest BCUT2D eigenvalue weighted by atomic mass is 79.9. The second-order valence-corrected chi connectivity index (χ2v) is 10.2. The molecule has 0 radical (unpaired) electrons. The Kier molecular flexibility index (Phi) is 3.66. The molecule has 39 heavy (non-hydrogen) atoms. The lowest BCUT2D eigenvalue weighted by atomic mass is 10.0. The maximum absolute atomic E-state index is 8.97. The molecule has 0 aliphatic rings. The summed E-state index contributed by atoms with van der Waals surface area (Å²) in [6.45, 7) is 0. The van der Waals surface area contributed by atoms with E-state index in [1.54, 1.807) is 4.57 Å². The fourth-order valence-corrected chi connectivity index (χ4v) is 5.94. The van der Waals surface area contributed by atoms with Crippen molar-refractivity contribution in [2.24, 2.45) is 0 Å². The fraction of sp³-hybridized carbons (Fsp3) is 0. The molecule has 0 atom stereocenters. The van der Waals surface area contributed by atoms with Crippen LogP contribution in [0.3, 0.4) is 0 Å². The Bertz CT molecular complexity index is 2490. The minimum Gasteiger partial charge on any atom is -0.309 e. The third-order valence-corrected chi connectivity index (χ3v) is 7.67. The van der Waals surface area contributed by atoms with E-state index in [1.807, 2.05) is 60.7 Å². The van der Waals surface area contributed by atoms with Crippen molar-refractivity contribution < 1.29 is 9.60 Å². The number of para-hydroxylation sites is 3. The molecule has 0 bridgehead atoms. The van der Waals surface area contributed by atoms with Gasteiger partial charge in [0.1, 0.15) is 0 Å². The highest BCUT2D eigenvalue weighted by Crippen LogP contribution is 2.39. The minimum atomic E-state index is -0.413. The van der Waals surface area contributed by atoms with Gasteiger partial charge in [-0.25, -0.2) is 0 Å². The maximum Gasteiger partial charge on any atom is 0.0646 e. The maximum atomic E-state index is 8.97.